The van der Waals surface area contributed by atoms with Crippen molar-refractivity contribution in [2.24, 2.45) is 11.3 Å². The molecule has 0 saturated heterocycles. The zero-order valence-electron chi connectivity index (χ0n) is 14.2. The van der Waals surface area contributed by atoms with Gasteiger partial charge in [-0.25, -0.2) is 0 Å². The van der Waals surface area contributed by atoms with E-state index >= 15 is 0 Å². The molecule has 1 aromatic heterocycles. The van der Waals surface area contributed by atoms with Crippen LogP contribution in [0.5, 0.6) is 0 Å². The molecule has 1 heterocycles. The summed E-state index contributed by atoms with van der Waals surface area (Å²) in [5.41, 5.74) is -0.101. The van der Waals surface area contributed by atoms with E-state index in [0.29, 0.717) is 24.7 Å². The van der Waals surface area contributed by atoms with Crippen LogP contribution in [0.4, 0.5) is 5.82 Å². The quantitative estimate of drug-likeness (QED) is 0.840. The maximum Gasteiger partial charge on any atom is 0.245 e. The number of carbonyl (C=O) groups excluding carboxylic acids is 2. The van der Waals surface area contributed by atoms with E-state index in [1.54, 1.807) is 11.0 Å². The molecule has 124 valence electrons. The second-order valence-corrected chi connectivity index (χ2v) is 7.17. The summed E-state index contributed by atoms with van der Waals surface area (Å²) in [4.78, 5) is 26.1. The highest BCUT2D eigenvalue weighted by Gasteiger charge is 2.23. The molecule has 22 heavy (non-hydrogen) atoms. The fourth-order valence-corrected chi connectivity index (χ4v) is 1.90. The van der Waals surface area contributed by atoms with Crippen LogP contribution < -0.4 is 5.32 Å². The first-order valence-corrected chi connectivity index (χ1v) is 7.65. The first-order valence-electron chi connectivity index (χ1n) is 7.65. The van der Waals surface area contributed by atoms with Crippen molar-refractivity contribution in [1.29, 1.82) is 0 Å². The summed E-state index contributed by atoms with van der Waals surface area (Å²) in [7, 11) is 0. The van der Waals surface area contributed by atoms with Gasteiger partial charge in [0, 0.05) is 19.0 Å². The number of hydrogen-bond acceptors (Lipinski definition) is 4. The molecule has 6 nitrogen and oxygen atoms in total. The van der Waals surface area contributed by atoms with Crippen LogP contribution in [0.15, 0.2) is 16.9 Å². The molecule has 0 radical (unpaired) electrons. The normalized spacial score (nSPS) is 11.5. The van der Waals surface area contributed by atoms with Crippen LogP contribution in [-0.4, -0.2) is 35.0 Å². The fourth-order valence-electron chi connectivity index (χ4n) is 1.90. The second-order valence-electron chi connectivity index (χ2n) is 7.17. The molecule has 0 saturated carbocycles. The van der Waals surface area contributed by atoms with Gasteiger partial charge in [-0.2, -0.15) is 0 Å². The van der Waals surface area contributed by atoms with Gasteiger partial charge < -0.3 is 14.7 Å². The highest BCUT2D eigenvalue weighted by Crippen LogP contribution is 2.20. The van der Waals surface area contributed by atoms with Gasteiger partial charge >= 0.3 is 0 Å². The lowest BCUT2D eigenvalue weighted by Crippen LogP contribution is -2.40. The summed E-state index contributed by atoms with van der Waals surface area (Å²) in [6.45, 7) is 10.9. The Morgan fingerprint density at radius 3 is 2.55 bits per heavy atom. The van der Waals surface area contributed by atoms with E-state index in [4.69, 9.17) is 0 Å². The first-order chi connectivity index (χ1) is 10.2. The van der Waals surface area contributed by atoms with E-state index in [9.17, 15) is 9.59 Å². The van der Waals surface area contributed by atoms with Gasteiger partial charge in [-0.15, -0.1) is 0 Å². The Balaban J connectivity index is 2.64. The number of aromatic nitrogens is 1. The summed E-state index contributed by atoms with van der Waals surface area (Å²) >= 11 is 0. The topological polar surface area (TPSA) is 75.4 Å². The van der Waals surface area contributed by atoms with Gasteiger partial charge in [0.15, 0.2) is 5.82 Å². The number of anilines is 1. The van der Waals surface area contributed by atoms with Crippen molar-refractivity contribution < 1.29 is 14.1 Å². The molecule has 0 aromatic carbocycles. The van der Waals surface area contributed by atoms with Crippen LogP contribution in [0, 0.1) is 11.3 Å². The molecule has 1 rings (SSSR count). The Hall–Kier alpha value is -1.85. The molecule has 0 unspecified atom stereocenters. The van der Waals surface area contributed by atoms with Crippen molar-refractivity contribution in [2.75, 3.05) is 18.4 Å². The number of nitrogens with zero attached hydrogens (tertiary/aromatic N) is 2. The number of carbonyl (C=O) groups is 2. The molecule has 2 amide bonds. The molecule has 0 spiro atoms. The average molecular weight is 309 g/mol. The molecule has 0 atom stereocenters. The molecule has 0 aliphatic carbocycles. The monoisotopic (exact) mass is 309 g/mol. The van der Waals surface area contributed by atoms with Gasteiger partial charge in [0.05, 0.1) is 6.54 Å². The summed E-state index contributed by atoms with van der Waals surface area (Å²) < 4.78 is 4.67. The molecule has 0 aliphatic heterocycles. The van der Waals surface area contributed by atoms with Crippen LogP contribution in [0.3, 0.4) is 0 Å². The number of rotatable bonds is 7. The predicted molar refractivity (Wildman–Crippen MR) is 85.2 cm³/mol. The minimum absolute atomic E-state index is 0.00320. The van der Waals surface area contributed by atoms with Crippen molar-refractivity contribution in [2.45, 2.75) is 47.5 Å². The van der Waals surface area contributed by atoms with Crippen molar-refractivity contribution in [1.82, 2.24) is 10.1 Å². The van der Waals surface area contributed by atoms with Crippen LogP contribution in [0.2, 0.25) is 0 Å². The number of amides is 2. The molecule has 0 fully saturated rings. The predicted octanol–water partition coefficient (Wildman–Crippen LogP) is 2.92. The Kier molecular flexibility index (Phi) is 6.59. The van der Waals surface area contributed by atoms with E-state index in [1.165, 1.54) is 6.26 Å². The van der Waals surface area contributed by atoms with Crippen molar-refractivity contribution in [3.05, 3.63) is 12.3 Å². The first kappa shape index (κ1) is 18.2. The Morgan fingerprint density at radius 2 is 2.05 bits per heavy atom. The van der Waals surface area contributed by atoms with E-state index in [2.05, 4.69) is 28.8 Å². The molecule has 6 heteroatoms. The maximum atomic E-state index is 12.4. The Bertz CT molecular complexity index is 475. The minimum Gasteiger partial charge on any atom is -0.363 e. The minimum atomic E-state index is -0.264. The van der Waals surface area contributed by atoms with E-state index in [0.717, 1.165) is 6.42 Å². The largest absolute Gasteiger partial charge is 0.363 e. The Morgan fingerprint density at radius 1 is 1.36 bits per heavy atom. The van der Waals surface area contributed by atoms with Crippen LogP contribution in [-0.2, 0) is 9.59 Å². The van der Waals surface area contributed by atoms with E-state index in [-0.39, 0.29) is 23.8 Å². The standard InChI is InChI=1S/C16H27N3O3/c1-12(2)6-8-19(15(21)10-16(3,4)5)11-14(20)17-13-7-9-22-18-13/h7,9,12H,6,8,10-11H2,1-5H3,(H,17,18,20). The van der Waals surface area contributed by atoms with Gasteiger partial charge in [0.25, 0.3) is 0 Å². The van der Waals surface area contributed by atoms with Gasteiger partial charge in [-0.05, 0) is 17.8 Å². The molecule has 0 bridgehead atoms. The van der Waals surface area contributed by atoms with Crippen molar-refractivity contribution in [3.63, 3.8) is 0 Å². The Labute approximate surface area is 132 Å². The third-order valence-corrected chi connectivity index (χ3v) is 3.05. The smallest absolute Gasteiger partial charge is 0.245 e. The zero-order chi connectivity index (χ0) is 16.8. The highest BCUT2D eigenvalue weighted by molar-refractivity contribution is 5.93. The van der Waals surface area contributed by atoms with Gasteiger partial charge in [-0.3, -0.25) is 9.59 Å². The summed E-state index contributed by atoms with van der Waals surface area (Å²) in [6, 6.07) is 1.56. The average Bonchev–Trinajstić information content (AvgIpc) is 2.84. The fraction of sp³-hybridized carbons (Fsp3) is 0.688. The summed E-state index contributed by atoms with van der Waals surface area (Å²) in [5, 5.41) is 6.25. The van der Waals surface area contributed by atoms with Crippen molar-refractivity contribution in [3.8, 4) is 0 Å². The highest BCUT2D eigenvalue weighted by atomic mass is 16.5. The van der Waals surface area contributed by atoms with Gasteiger partial charge in [0.2, 0.25) is 11.8 Å². The summed E-state index contributed by atoms with van der Waals surface area (Å²) in [5.74, 6) is 0.573. The zero-order valence-corrected chi connectivity index (χ0v) is 14.2. The summed E-state index contributed by atoms with van der Waals surface area (Å²) in [6.07, 6.45) is 2.67. The molecule has 1 N–H and O–H groups in total. The van der Waals surface area contributed by atoms with E-state index < -0.39 is 0 Å². The third kappa shape index (κ3) is 7.24. The molecular formula is C16H27N3O3. The second kappa shape index (κ2) is 7.96. The van der Waals surface area contributed by atoms with Crippen LogP contribution in [0.1, 0.15) is 47.5 Å². The van der Waals surface area contributed by atoms with Crippen LogP contribution >= 0.6 is 0 Å². The SMILES string of the molecule is CC(C)CCN(CC(=O)Nc1ccon1)C(=O)CC(C)(C)C. The lowest BCUT2D eigenvalue weighted by molar-refractivity contribution is -0.136. The number of hydrogen-bond donors (Lipinski definition) is 1. The lowest BCUT2D eigenvalue weighted by Gasteiger charge is -2.26. The third-order valence-electron chi connectivity index (χ3n) is 3.05. The lowest BCUT2D eigenvalue weighted by atomic mass is 9.91. The van der Waals surface area contributed by atoms with Gasteiger partial charge in [0.1, 0.15) is 6.26 Å². The van der Waals surface area contributed by atoms with Crippen molar-refractivity contribution >= 4 is 17.6 Å². The van der Waals surface area contributed by atoms with E-state index in [1.807, 2.05) is 20.8 Å². The number of nitrogens with one attached hydrogen (secondary N) is 1. The molecular weight excluding hydrogens is 282 g/mol. The molecule has 0 aliphatic rings. The van der Waals surface area contributed by atoms with Gasteiger partial charge in [-0.1, -0.05) is 39.8 Å². The van der Waals surface area contributed by atoms with Crippen LogP contribution in [0.25, 0.3) is 0 Å². The maximum absolute atomic E-state index is 12.4. The molecule has 1 aromatic rings.